The molecule has 0 spiro atoms. The van der Waals surface area contributed by atoms with Crippen molar-refractivity contribution in [1.82, 2.24) is 22.8 Å². The molecule has 0 aliphatic rings. The fourth-order valence-electron chi connectivity index (χ4n) is 16.8. The molecule has 0 radical (unpaired) electrons. The van der Waals surface area contributed by atoms with Gasteiger partial charge in [0, 0.05) is 53.9 Å². The van der Waals surface area contributed by atoms with Crippen LogP contribution in [0.3, 0.4) is 0 Å². The van der Waals surface area contributed by atoms with Crippen molar-refractivity contribution < 1.29 is 39.5 Å². The number of benzene rings is 15. The first-order valence-corrected chi connectivity index (χ1v) is 35.3. The molecule has 5 aromatic heterocycles. The summed E-state index contributed by atoms with van der Waals surface area (Å²) in [7, 11) is 0. The Bertz CT molecular complexity index is 6680. The Morgan fingerprint density at radius 1 is 0.193 bits per heavy atom. The molecule has 0 fully saturated rings. The first-order chi connectivity index (χ1) is 53.0. The number of nitrogens with zero attached hydrogens (tertiary/aromatic N) is 6. The highest BCUT2D eigenvalue weighted by molar-refractivity contribution is 6.19. The average molecular weight is 1440 g/mol. The molecule has 15 heteroatoms. The van der Waals surface area contributed by atoms with Crippen LogP contribution in [0.1, 0.15) is 22.3 Å². The fourth-order valence-corrected chi connectivity index (χ4v) is 16.8. The SMILES string of the molecule is N#Cc1c(-n2c3ccccc3c3ccc(C(F)(F)F)cc32)c(-n2c3ccc(-c4ccccc4)cc3c3cc(-c4ccccc4)ccc32)c(-n2c3ccccc3c3ccc(C(F)(F)F)cc32)c(-n2c3ccc(-c4ccccc4)cc3c3cc(-c4ccccc4)ccc32)c1-n1c2ccccc2c2ccc(C(F)(F)F)cc21. The summed E-state index contributed by atoms with van der Waals surface area (Å²) in [5.41, 5.74) is 6.64. The summed E-state index contributed by atoms with van der Waals surface area (Å²) in [6.07, 6.45) is -14.8. The zero-order valence-electron chi connectivity index (χ0n) is 57.2. The molecule has 6 nitrogen and oxygen atoms in total. The van der Waals surface area contributed by atoms with Gasteiger partial charge in [0.1, 0.15) is 11.6 Å². The molecule has 0 aliphatic carbocycles. The molecular formula is C94H53F9N6. The van der Waals surface area contributed by atoms with Gasteiger partial charge in [-0.25, -0.2) is 0 Å². The molecule has 0 saturated carbocycles. The predicted molar refractivity (Wildman–Crippen MR) is 420 cm³/mol. The molecule has 20 aromatic rings. The van der Waals surface area contributed by atoms with E-state index in [0.29, 0.717) is 92.5 Å². The van der Waals surface area contributed by atoms with Crippen LogP contribution in [0.15, 0.2) is 322 Å². The Balaban J connectivity index is 1.13. The Morgan fingerprint density at radius 2 is 0.413 bits per heavy atom. The van der Waals surface area contributed by atoms with Gasteiger partial charge in [0.05, 0.1) is 100 Å². The highest BCUT2D eigenvalue weighted by Crippen LogP contribution is 2.54. The standard InChI is InChI=1S/C94H53F9N6/c95-92(96,97)63-37-40-69-66-27-13-16-30-77(66)107(84(69)51-63)87-76(54-104)88(108-78-31-17-14-28-67(78)70-41-38-64(52-85(70)108)93(98,99)100)90(106-82-45-35-61(57-23-9-3-10-24-57)49-74(82)75-50-62(36-46-83(75)106)58-25-11-4-12-26-58)91(109-79-32-18-15-29-68(79)71-42-39-65(53-86(71)109)94(101,102)103)89(87)105-80-43-33-59(55-19-5-1-6-20-55)47-72(80)73-48-60(34-44-81(73)105)56-21-7-2-8-22-56/h1-53H. The lowest BCUT2D eigenvalue weighted by Crippen LogP contribution is -2.19. The summed E-state index contributed by atoms with van der Waals surface area (Å²) in [5, 5.41) is 18.7. The molecule has 0 bridgehead atoms. The van der Waals surface area contributed by atoms with Crippen LogP contribution < -0.4 is 0 Å². The van der Waals surface area contributed by atoms with Crippen LogP contribution in [0.5, 0.6) is 0 Å². The van der Waals surface area contributed by atoms with Gasteiger partial charge in [0.2, 0.25) is 0 Å². The molecule has 15 aromatic carbocycles. The summed E-state index contributed by atoms with van der Waals surface area (Å²) in [5.74, 6) is 0. The smallest absolute Gasteiger partial charge is 0.306 e. The first kappa shape index (κ1) is 64.7. The van der Waals surface area contributed by atoms with E-state index in [1.165, 1.54) is 18.2 Å². The maximum absolute atomic E-state index is 16.2. The number of para-hydroxylation sites is 3. The van der Waals surface area contributed by atoms with E-state index < -0.39 is 35.2 Å². The van der Waals surface area contributed by atoms with E-state index in [1.807, 2.05) is 185 Å². The van der Waals surface area contributed by atoms with Crippen molar-refractivity contribution in [2.75, 3.05) is 0 Å². The third kappa shape index (κ3) is 10.0. The zero-order valence-corrected chi connectivity index (χ0v) is 57.2. The van der Waals surface area contributed by atoms with E-state index in [9.17, 15) is 5.26 Å². The lowest BCUT2D eigenvalue weighted by molar-refractivity contribution is -0.138. The van der Waals surface area contributed by atoms with Gasteiger partial charge in [0.25, 0.3) is 0 Å². The monoisotopic (exact) mass is 1440 g/mol. The summed E-state index contributed by atoms with van der Waals surface area (Å²) in [4.78, 5) is 0. The third-order valence-corrected chi connectivity index (χ3v) is 21.6. The normalized spacial score (nSPS) is 12.4. The van der Waals surface area contributed by atoms with Crippen LogP contribution in [-0.4, -0.2) is 22.8 Å². The van der Waals surface area contributed by atoms with Gasteiger partial charge in [-0.2, -0.15) is 44.8 Å². The van der Waals surface area contributed by atoms with Crippen molar-refractivity contribution in [1.29, 1.82) is 5.26 Å². The Labute approximate surface area is 614 Å². The van der Waals surface area contributed by atoms with Crippen molar-refractivity contribution in [3.63, 3.8) is 0 Å². The zero-order chi connectivity index (χ0) is 73.9. The van der Waals surface area contributed by atoms with Crippen LogP contribution >= 0.6 is 0 Å². The van der Waals surface area contributed by atoms with E-state index in [2.05, 4.69) is 30.3 Å². The summed E-state index contributed by atoms with van der Waals surface area (Å²) in [6.45, 7) is 0. The van der Waals surface area contributed by atoms with E-state index >= 15 is 39.5 Å². The minimum absolute atomic E-state index is 0.0150. The van der Waals surface area contributed by atoms with Crippen molar-refractivity contribution in [2.45, 2.75) is 18.5 Å². The second-order valence-electron chi connectivity index (χ2n) is 27.5. The number of halogens is 9. The van der Waals surface area contributed by atoms with Crippen LogP contribution in [0.2, 0.25) is 0 Å². The largest absolute Gasteiger partial charge is 0.416 e. The number of rotatable bonds is 9. The van der Waals surface area contributed by atoms with Crippen LogP contribution in [0.25, 0.3) is 182 Å². The molecule has 109 heavy (non-hydrogen) atoms. The molecule has 0 N–H and O–H groups in total. The summed E-state index contributed by atoms with van der Waals surface area (Å²) < 4.78 is 154. The van der Waals surface area contributed by atoms with E-state index in [-0.39, 0.29) is 50.6 Å². The van der Waals surface area contributed by atoms with E-state index in [1.54, 1.807) is 80.4 Å². The predicted octanol–water partition coefficient (Wildman–Crippen LogP) is 26.8. The fraction of sp³-hybridized carbons (Fsp3) is 0.0319. The molecule has 0 atom stereocenters. The topological polar surface area (TPSA) is 48.4 Å². The highest BCUT2D eigenvalue weighted by atomic mass is 19.4. The molecule has 5 heterocycles. The van der Waals surface area contributed by atoms with E-state index in [4.69, 9.17) is 0 Å². The molecule has 0 aliphatic heterocycles. The van der Waals surface area contributed by atoms with Gasteiger partial charge in [-0.3, -0.25) is 0 Å². The Morgan fingerprint density at radius 3 is 0.679 bits per heavy atom. The second kappa shape index (κ2) is 24.1. The van der Waals surface area contributed by atoms with Crippen LogP contribution in [0, 0.1) is 11.3 Å². The van der Waals surface area contributed by atoms with E-state index in [0.717, 1.165) is 80.9 Å². The number of hydrogen-bond donors (Lipinski definition) is 0. The first-order valence-electron chi connectivity index (χ1n) is 35.3. The molecule has 0 unspecified atom stereocenters. The third-order valence-electron chi connectivity index (χ3n) is 21.6. The van der Waals surface area contributed by atoms with Crippen molar-refractivity contribution in [3.8, 4) is 79.0 Å². The van der Waals surface area contributed by atoms with Crippen LogP contribution in [0.4, 0.5) is 39.5 Å². The number of nitriles is 1. The van der Waals surface area contributed by atoms with Crippen LogP contribution in [-0.2, 0) is 18.5 Å². The van der Waals surface area contributed by atoms with Gasteiger partial charge < -0.3 is 22.8 Å². The van der Waals surface area contributed by atoms with Gasteiger partial charge in [0.15, 0.2) is 0 Å². The maximum atomic E-state index is 16.2. The van der Waals surface area contributed by atoms with Crippen molar-refractivity contribution >= 4 is 109 Å². The quantitative estimate of drug-likeness (QED) is 0.133. The van der Waals surface area contributed by atoms with Gasteiger partial charge >= 0.3 is 18.5 Å². The second-order valence-corrected chi connectivity index (χ2v) is 27.5. The van der Waals surface area contributed by atoms with Gasteiger partial charge in [-0.05, 0) is 148 Å². The average Bonchev–Trinajstić information content (AvgIpc) is 1.55. The van der Waals surface area contributed by atoms with Gasteiger partial charge in [-0.1, -0.05) is 218 Å². The Kier molecular flexibility index (Phi) is 14.3. The maximum Gasteiger partial charge on any atom is 0.416 e. The lowest BCUT2D eigenvalue weighted by Gasteiger charge is -2.30. The minimum atomic E-state index is -4.94. The highest BCUT2D eigenvalue weighted by Gasteiger charge is 2.40. The lowest BCUT2D eigenvalue weighted by atomic mass is 10.0. The summed E-state index contributed by atoms with van der Waals surface area (Å²) >= 11 is 0. The molecular weight excluding hydrogens is 1380 g/mol. The molecule has 0 amide bonds. The summed E-state index contributed by atoms with van der Waals surface area (Å²) in [6, 6.07) is 97.6. The number of alkyl halides is 9. The molecule has 0 saturated heterocycles. The van der Waals surface area contributed by atoms with Gasteiger partial charge in [-0.15, -0.1) is 0 Å². The molecule has 522 valence electrons. The minimum Gasteiger partial charge on any atom is -0.306 e. The number of hydrogen-bond acceptors (Lipinski definition) is 1. The molecule has 20 rings (SSSR count). The number of fused-ring (bicyclic) bond motifs is 15. The number of aromatic nitrogens is 5. The van der Waals surface area contributed by atoms with Crippen molar-refractivity contribution in [2.24, 2.45) is 0 Å². The Hall–Kier alpha value is -13.8. The van der Waals surface area contributed by atoms with Crippen molar-refractivity contribution in [3.05, 3.63) is 344 Å².